The Kier molecular flexibility index (Phi) is 6.32. The number of hydrogen-bond donors (Lipinski definition) is 0. The minimum Gasteiger partial charge on any atom is -0.412 e. The minimum absolute atomic E-state index is 0. The van der Waals surface area contributed by atoms with Crippen molar-refractivity contribution in [3.05, 3.63) is 92.0 Å². The van der Waals surface area contributed by atoms with Crippen molar-refractivity contribution in [2.45, 2.75) is 0 Å². The molecule has 0 radical (unpaired) electrons. The molecule has 2 aromatic rings. The van der Waals surface area contributed by atoms with Crippen molar-refractivity contribution in [3.63, 3.8) is 0 Å². The van der Waals surface area contributed by atoms with Gasteiger partial charge in [-0.15, -0.1) is 0 Å². The summed E-state index contributed by atoms with van der Waals surface area (Å²) in [6.07, 6.45) is 6.39. The van der Waals surface area contributed by atoms with Crippen LogP contribution in [0.1, 0.15) is 11.1 Å². The number of hydrogen-bond acceptors (Lipinski definition) is 4. The van der Waals surface area contributed by atoms with Crippen LogP contribution in [0.3, 0.4) is 0 Å². The lowest BCUT2D eigenvalue weighted by molar-refractivity contribution is -0.385. The molecule has 0 atom stereocenters. The zero-order valence-electron chi connectivity index (χ0n) is 12.0. The molecule has 2 N–H and O–H groups in total. The second-order valence-corrected chi connectivity index (χ2v) is 4.35. The monoisotopic (exact) mass is 314 g/mol. The second kappa shape index (κ2) is 8.20. The first kappa shape index (κ1) is 17.7. The summed E-state index contributed by atoms with van der Waals surface area (Å²) in [7, 11) is 0. The van der Waals surface area contributed by atoms with E-state index in [1.807, 2.05) is 0 Å². The third-order valence-corrected chi connectivity index (χ3v) is 2.93. The van der Waals surface area contributed by atoms with E-state index in [0.717, 1.165) is 0 Å². The van der Waals surface area contributed by atoms with E-state index < -0.39 is 9.85 Å². The fourth-order valence-electron chi connectivity index (χ4n) is 1.91. The molecule has 118 valence electrons. The van der Waals surface area contributed by atoms with E-state index in [4.69, 9.17) is 0 Å². The van der Waals surface area contributed by atoms with Crippen LogP contribution in [0.25, 0.3) is 12.2 Å². The quantitative estimate of drug-likeness (QED) is 0.477. The van der Waals surface area contributed by atoms with E-state index in [9.17, 15) is 20.2 Å². The van der Waals surface area contributed by atoms with Crippen molar-refractivity contribution in [3.8, 4) is 0 Å². The third kappa shape index (κ3) is 4.58. The lowest BCUT2D eigenvalue weighted by Gasteiger charge is -1.96. The molecular formula is C16H14N2O5. The fourth-order valence-corrected chi connectivity index (χ4v) is 1.91. The fraction of sp³-hybridized carbons (Fsp3) is 0. The van der Waals surface area contributed by atoms with E-state index in [1.165, 1.54) is 12.1 Å². The SMILES string of the molecule is O.O=[N+]([O-])c1ccccc1/C=C/C=C/c1ccccc1[N+](=O)[O-]. The van der Waals surface area contributed by atoms with E-state index in [-0.39, 0.29) is 16.9 Å². The van der Waals surface area contributed by atoms with Gasteiger partial charge < -0.3 is 5.48 Å². The van der Waals surface area contributed by atoms with Gasteiger partial charge in [0.25, 0.3) is 11.4 Å². The van der Waals surface area contributed by atoms with Crippen LogP contribution in [0.5, 0.6) is 0 Å². The molecule has 0 heterocycles. The van der Waals surface area contributed by atoms with Crippen molar-refractivity contribution < 1.29 is 15.3 Å². The number of nitro benzene ring substituents is 2. The van der Waals surface area contributed by atoms with Crippen LogP contribution in [-0.4, -0.2) is 15.3 Å². The van der Waals surface area contributed by atoms with Crippen LogP contribution in [0.4, 0.5) is 11.4 Å². The second-order valence-electron chi connectivity index (χ2n) is 4.35. The number of benzene rings is 2. The van der Waals surface area contributed by atoms with Crippen molar-refractivity contribution in [1.82, 2.24) is 0 Å². The first-order chi connectivity index (χ1) is 10.6. The maximum Gasteiger partial charge on any atom is 0.276 e. The van der Waals surface area contributed by atoms with Crippen LogP contribution in [0.2, 0.25) is 0 Å². The van der Waals surface area contributed by atoms with Gasteiger partial charge in [-0.1, -0.05) is 36.4 Å². The van der Waals surface area contributed by atoms with Gasteiger partial charge in [-0.05, 0) is 24.3 Å². The Morgan fingerprint density at radius 3 is 1.39 bits per heavy atom. The van der Waals surface area contributed by atoms with Gasteiger partial charge >= 0.3 is 0 Å². The van der Waals surface area contributed by atoms with E-state index in [2.05, 4.69) is 0 Å². The summed E-state index contributed by atoms with van der Waals surface area (Å²) >= 11 is 0. The van der Waals surface area contributed by atoms with Gasteiger partial charge in [-0.3, -0.25) is 20.2 Å². The lowest BCUT2D eigenvalue weighted by Crippen LogP contribution is -1.90. The first-order valence-corrected chi connectivity index (χ1v) is 6.41. The molecular weight excluding hydrogens is 300 g/mol. The highest BCUT2D eigenvalue weighted by atomic mass is 16.6. The van der Waals surface area contributed by atoms with Crippen molar-refractivity contribution in [2.75, 3.05) is 0 Å². The Labute approximate surface area is 131 Å². The van der Waals surface area contributed by atoms with Gasteiger partial charge in [0, 0.05) is 12.1 Å². The highest BCUT2D eigenvalue weighted by molar-refractivity contribution is 5.66. The maximum absolute atomic E-state index is 10.9. The molecule has 2 aromatic carbocycles. The Morgan fingerprint density at radius 2 is 1.04 bits per heavy atom. The number of allylic oxidation sites excluding steroid dienone is 2. The molecule has 2 rings (SSSR count). The normalized spacial score (nSPS) is 10.6. The van der Waals surface area contributed by atoms with Gasteiger partial charge in [0.15, 0.2) is 0 Å². The molecule has 23 heavy (non-hydrogen) atoms. The summed E-state index contributed by atoms with van der Waals surface area (Å²) in [6, 6.07) is 12.7. The van der Waals surface area contributed by atoms with Crippen molar-refractivity contribution in [2.24, 2.45) is 0 Å². The molecule has 0 aliphatic carbocycles. The molecule has 7 nitrogen and oxygen atoms in total. The number of nitro groups is 2. The highest BCUT2D eigenvalue weighted by Crippen LogP contribution is 2.20. The summed E-state index contributed by atoms with van der Waals surface area (Å²) in [5.74, 6) is 0. The molecule has 0 fully saturated rings. The lowest BCUT2D eigenvalue weighted by atomic mass is 10.1. The average Bonchev–Trinajstić information content (AvgIpc) is 2.52. The van der Waals surface area contributed by atoms with Gasteiger partial charge in [0.1, 0.15) is 0 Å². The molecule has 0 bridgehead atoms. The van der Waals surface area contributed by atoms with Gasteiger partial charge in [0.2, 0.25) is 0 Å². The van der Waals surface area contributed by atoms with E-state index >= 15 is 0 Å². The van der Waals surface area contributed by atoms with Gasteiger partial charge in [-0.2, -0.15) is 0 Å². The minimum atomic E-state index is -0.453. The molecule has 0 saturated carbocycles. The Hall–Kier alpha value is -3.32. The Morgan fingerprint density at radius 1 is 0.696 bits per heavy atom. The van der Waals surface area contributed by atoms with Crippen LogP contribution in [0, 0.1) is 20.2 Å². The average molecular weight is 314 g/mol. The topological polar surface area (TPSA) is 118 Å². The number of rotatable bonds is 5. The number of nitrogens with zero attached hydrogens (tertiary/aromatic N) is 2. The van der Waals surface area contributed by atoms with Gasteiger partial charge in [-0.25, -0.2) is 0 Å². The smallest absolute Gasteiger partial charge is 0.276 e. The van der Waals surface area contributed by atoms with E-state index in [1.54, 1.807) is 60.7 Å². The van der Waals surface area contributed by atoms with Crippen LogP contribution in [0.15, 0.2) is 60.7 Å². The van der Waals surface area contributed by atoms with Crippen LogP contribution < -0.4 is 0 Å². The largest absolute Gasteiger partial charge is 0.412 e. The highest BCUT2D eigenvalue weighted by Gasteiger charge is 2.09. The molecule has 0 aliphatic heterocycles. The molecule has 0 aromatic heterocycles. The Bertz CT molecular complexity index is 703. The summed E-state index contributed by atoms with van der Waals surface area (Å²) in [5.41, 5.74) is 0.968. The molecule has 0 spiro atoms. The predicted molar refractivity (Wildman–Crippen MR) is 87.9 cm³/mol. The zero-order valence-corrected chi connectivity index (χ0v) is 12.0. The molecule has 0 aliphatic rings. The summed E-state index contributed by atoms with van der Waals surface area (Å²) in [4.78, 5) is 20.8. The summed E-state index contributed by atoms with van der Waals surface area (Å²) in [6.45, 7) is 0. The van der Waals surface area contributed by atoms with Crippen LogP contribution in [-0.2, 0) is 0 Å². The number of para-hydroxylation sites is 2. The maximum atomic E-state index is 10.9. The predicted octanol–water partition coefficient (Wildman–Crippen LogP) is 3.40. The van der Waals surface area contributed by atoms with Crippen molar-refractivity contribution in [1.29, 1.82) is 0 Å². The molecule has 0 amide bonds. The summed E-state index contributed by atoms with van der Waals surface area (Å²) < 4.78 is 0. The molecule has 7 heteroatoms. The molecule has 0 unspecified atom stereocenters. The summed E-state index contributed by atoms with van der Waals surface area (Å²) in [5, 5.41) is 21.7. The zero-order chi connectivity index (χ0) is 15.9. The third-order valence-electron chi connectivity index (χ3n) is 2.93. The first-order valence-electron chi connectivity index (χ1n) is 6.41. The Balaban J connectivity index is 0.00000264. The van der Waals surface area contributed by atoms with Crippen molar-refractivity contribution >= 4 is 23.5 Å². The van der Waals surface area contributed by atoms with Crippen LogP contribution >= 0.6 is 0 Å². The van der Waals surface area contributed by atoms with Gasteiger partial charge in [0.05, 0.1) is 21.0 Å². The molecule has 0 saturated heterocycles. The van der Waals surface area contributed by atoms with E-state index in [0.29, 0.717) is 11.1 Å². The standard InChI is InChI=1S/C16H12N2O4.H2O/c19-17(20)15-11-5-3-9-13(15)7-1-2-8-14-10-4-6-12-16(14)18(21)22;/h1-12H;1H2/b7-1+,8-2+;.